The Balaban J connectivity index is 0.00000324. The highest BCUT2D eigenvalue weighted by Gasteiger charge is 2.31. The first kappa shape index (κ1) is 26.1. The van der Waals surface area contributed by atoms with Gasteiger partial charge in [-0.15, -0.1) is 25.6 Å². The number of thiazole rings is 1. The summed E-state index contributed by atoms with van der Waals surface area (Å²) in [5, 5.41) is 0.384. The number of hydrogen-bond acceptors (Lipinski definition) is 6. The lowest BCUT2D eigenvalue weighted by molar-refractivity contribution is -0.274. The quantitative estimate of drug-likeness (QED) is 0.425. The minimum Gasteiger partial charge on any atom is -0.406 e. The highest BCUT2D eigenvalue weighted by molar-refractivity contribution is 7.22. The number of hydrogen-bond donors (Lipinski definition) is 0. The molecule has 0 unspecified atom stereocenters. The van der Waals surface area contributed by atoms with Crippen LogP contribution in [-0.2, 0) is 16.0 Å². The van der Waals surface area contributed by atoms with E-state index in [9.17, 15) is 22.4 Å². The zero-order valence-corrected chi connectivity index (χ0v) is 19.5. The fraction of sp³-hybridized carbons (Fsp3) is 0.364. The summed E-state index contributed by atoms with van der Waals surface area (Å²) in [6.45, 7) is 3.68. The maximum atomic E-state index is 13.2. The number of morpholine rings is 1. The number of carbonyl (C=O) groups is 1. The number of anilines is 1. The van der Waals surface area contributed by atoms with E-state index in [2.05, 4.69) is 14.6 Å². The molecule has 12 heteroatoms. The number of carbonyl (C=O) groups excluding carboxylic acids is 1. The second kappa shape index (κ2) is 11.3. The van der Waals surface area contributed by atoms with Gasteiger partial charge in [-0.3, -0.25) is 14.6 Å². The summed E-state index contributed by atoms with van der Waals surface area (Å²) in [7, 11) is 0. The molecule has 1 saturated heterocycles. The molecule has 0 bridgehead atoms. The molecule has 184 valence electrons. The molecule has 4 rings (SSSR count). The van der Waals surface area contributed by atoms with E-state index in [-0.39, 0.29) is 30.5 Å². The van der Waals surface area contributed by atoms with Crippen LogP contribution < -0.4 is 9.64 Å². The predicted molar refractivity (Wildman–Crippen MR) is 123 cm³/mol. The molecule has 1 aromatic heterocycles. The molecule has 1 aliphatic rings. The number of amides is 1. The lowest BCUT2D eigenvalue weighted by Crippen LogP contribution is -2.43. The summed E-state index contributed by atoms with van der Waals surface area (Å²) in [4.78, 5) is 21.4. The average Bonchev–Trinajstić information content (AvgIpc) is 3.18. The van der Waals surface area contributed by atoms with Crippen molar-refractivity contribution in [1.29, 1.82) is 0 Å². The van der Waals surface area contributed by atoms with Gasteiger partial charge in [0, 0.05) is 32.2 Å². The molecule has 0 radical (unpaired) electrons. The Bertz CT molecular complexity index is 1100. The van der Waals surface area contributed by atoms with Crippen LogP contribution in [0.1, 0.15) is 5.56 Å². The van der Waals surface area contributed by atoms with Gasteiger partial charge in [-0.05, 0) is 29.8 Å². The summed E-state index contributed by atoms with van der Waals surface area (Å²) >= 11 is 1.12. The Hall–Kier alpha value is -2.47. The first-order valence-electron chi connectivity index (χ1n) is 10.3. The van der Waals surface area contributed by atoms with Gasteiger partial charge in [0.15, 0.2) is 5.13 Å². The summed E-state index contributed by atoms with van der Waals surface area (Å²) in [5.74, 6) is -0.971. The van der Waals surface area contributed by atoms with Crippen molar-refractivity contribution in [3.05, 3.63) is 53.8 Å². The van der Waals surface area contributed by atoms with E-state index in [0.717, 1.165) is 24.4 Å². The molecule has 1 aliphatic heterocycles. The van der Waals surface area contributed by atoms with Gasteiger partial charge in [-0.2, -0.15) is 0 Å². The van der Waals surface area contributed by atoms with Crippen LogP contribution in [0.5, 0.6) is 5.75 Å². The number of alkyl halides is 3. The van der Waals surface area contributed by atoms with Crippen molar-refractivity contribution in [2.45, 2.75) is 12.8 Å². The molecule has 6 nitrogen and oxygen atoms in total. The first-order valence-corrected chi connectivity index (χ1v) is 11.1. The van der Waals surface area contributed by atoms with Gasteiger partial charge in [-0.25, -0.2) is 9.37 Å². The minimum atomic E-state index is -4.80. The molecule has 0 spiro atoms. The van der Waals surface area contributed by atoms with Crippen molar-refractivity contribution in [3.63, 3.8) is 0 Å². The van der Waals surface area contributed by atoms with E-state index in [1.165, 1.54) is 35.2 Å². The number of nitrogens with zero attached hydrogens (tertiary/aromatic N) is 3. The summed E-state index contributed by atoms with van der Waals surface area (Å²) in [6.07, 6.45) is -4.75. The first-order chi connectivity index (χ1) is 15.8. The zero-order chi connectivity index (χ0) is 23.4. The number of benzene rings is 2. The third kappa shape index (κ3) is 7.02. The van der Waals surface area contributed by atoms with Gasteiger partial charge >= 0.3 is 6.36 Å². The molecular formula is C22H22ClF4N3O3S. The van der Waals surface area contributed by atoms with E-state index < -0.39 is 12.2 Å². The largest absolute Gasteiger partial charge is 0.573 e. The normalized spacial score (nSPS) is 14.6. The summed E-state index contributed by atoms with van der Waals surface area (Å²) in [6, 6.07) is 9.56. The lowest BCUT2D eigenvalue weighted by Gasteiger charge is -2.29. The van der Waals surface area contributed by atoms with Gasteiger partial charge in [0.05, 0.1) is 29.9 Å². The fourth-order valence-corrected chi connectivity index (χ4v) is 4.51. The SMILES string of the molecule is Cl.O=C(Cc1ccc(F)cc1)N(CCN1CCOCC1)c1nc2ccc(OC(F)(F)F)cc2s1. The number of ether oxygens (including phenoxy) is 2. The standard InChI is InChI=1S/C22H21F4N3O3S.ClH/c23-16-3-1-15(2-4-16)13-20(30)29(8-7-28-9-11-31-12-10-28)21-27-18-6-5-17(14-19(18)33-21)32-22(24,25)26;/h1-6,14H,7-13H2;1H. The molecule has 0 N–H and O–H groups in total. The molecule has 3 aromatic rings. The fourth-order valence-electron chi connectivity index (χ4n) is 3.47. The maximum Gasteiger partial charge on any atom is 0.573 e. The van der Waals surface area contributed by atoms with Gasteiger partial charge in [-0.1, -0.05) is 23.5 Å². The summed E-state index contributed by atoms with van der Waals surface area (Å²) < 4.78 is 60.7. The van der Waals surface area contributed by atoms with Crippen LogP contribution in [-0.4, -0.2) is 61.5 Å². The van der Waals surface area contributed by atoms with Crippen LogP contribution in [0, 0.1) is 5.82 Å². The van der Waals surface area contributed by atoms with Crippen molar-refractivity contribution in [2.24, 2.45) is 0 Å². The van der Waals surface area contributed by atoms with Crippen LogP contribution >= 0.6 is 23.7 Å². The number of halogens is 5. The van der Waals surface area contributed by atoms with Crippen LogP contribution in [0.25, 0.3) is 10.2 Å². The minimum absolute atomic E-state index is 0. The van der Waals surface area contributed by atoms with Crippen molar-refractivity contribution < 1.29 is 31.8 Å². The Labute approximate surface area is 203 Å². The molecule has 1 fully saturated rings. The Kier molecular flexibility index (Phi) is 8.69. The van der Waals surface area contributed by atoms with Crippen LogP contribution in [0.4, 0.5) is 22.7 Å². The molecule has 1 amide bonds. The Morgan fingerprint density at radius 3 is 2.53 bits per heavy atom. The Morgan fingerprint density at radius 1 is 1.15 bits per heavy atom. The zero-order valence-electron chi connectivity index (χ0n) is 17.9. The van der Waals surface area contributed by atoms with E-state index in [1.54, 1.807) is 12.1 Å². The molecular weight excluding hydrogens is 498 g/mol. The highest BCUT2D eigenvalue weighted by Crippen LogP contribution is 2.33. The molecule has 0 aliphatic carbocycles. The van der Waals surface area contributed by atoms with E-state index in [4.69, 9.17) is 4.74 Å². The highest BCUT2D eigenvalue weighted by atomic mass is 35.5. The molecule has 2 aromatic carbocycles. The Morgan fingerprint density at radius 2 is 1.85 bits per heavy atom. The van der Waals surface area contributed by atoms with E-state index >= 15 is 0 Å². The van der Waals surface area contributed by atoms with Crippen LogP contribution in [0.15, 0.2) is 42.5 Å². The average molecular weight is 520 g/mol. The molecule has 2 heterocycles. The molecule has 0 saturated carbocycles. The number of aromatic nitrogens is 1. The van der Waals surface area contributed by atoms with E-state index in [0.29, 0.717) is 47.2 Å². The van der Waals surface area contributed by atoms with Crippen molar-refractivity contribution >= 4 is 45.0 Å². The number of rotatable bonds is 7. The molecule has 34 heavy (non-hydrogen) atoms. The number of fused-ring (bicyclic) bond motifs is 1. The van der Waals surface area contributed by atoms with Gasteiger partial charge in [0.25, 0.3) is 0 Å². The van der Waals surface area contributed by atoms with Gasteiger partial charge in [0.1, 0.15) is 11.6 Å². The maximum absolute atomic E-state index is 13.2. The monoisotopic (exact) mass is 519 g/mol. The van der Waals surface area contributed by atoms with Crippen molar-refractivity contribution in [3.8, 4) is 5.75 Å². The second-order valence-electron chi connectivity index (χ2n) is 7.48. The lowest BCUT2D eigenvalue weighted by atomic mass is 10.1. The van der Waals surface area contributed by atoms with Gasteiger partial charge in [0.2, 0.25) is 5.91 Å². The van der Waals surface area contributed by atoms with E-state index in [1.807, 2.05) is 0 Å². The van der Waals surface area contributed by atoms with Crippen molar-refractivity contribution in [2.75, 3.05) is 44.3 Å². The van der Waals surface area contributed by atoms with Crippen LogP contribution in [0.2, 0.25) is 0 Å². The predicted octanol–water partition coefficient (Wildman–Crippen LogP) is 4.66. The van der Waals surface area contributed by atoms with Crippen molar-refractivity contribution in [1.82, 2.24) is 9.88 Å². The second-order valence-corrected chi connectivity index (χ2v) is 8.49. The molecule has 0 atom stereocenters. The smallest absolute Gasteiger partial charge is 0.406 e. The summed E-state index contributed by atoms with van der Waals surface area (Å²) in [5.41, 5.74) is 1.12. The van der Waals surface area contributed by atoms with Crippen LogP contribution in [0.3, 0.4) is 0 Å². The third-order valence-electron chi connectivity index (χ3n) is 5.13. The topological polar surface area (TPSA) is 54.9 Å². The third-order valence-corrected chi connectivity index (χ3v) is 6.17. The van der Waals surface area contributed by atoms with Gasteiger partial charge < -0.3 is 9.47 Å².